The Labute approximate surface area is 76.6 Å². The number of hydrogen-bond donors (Lipinski definition) is 1. The summed E-state index contributed by atoms with van der Waals surface area (Å²) < 4.78 is 2.80. The maximum absolute atomic E-state index is 11.5. The highest BCUT2D eigenvalue weighted by Gasteiger charge is 2.08. The third-order valence-electron chi connectivity index (χ3n) is 1.75. The van der Waals surface area contributed by atoms with Crippen LogP contribution >= 0.6 is 0 Å². The van der Waals surface area contributed by atoms with Gasteiger partial charge >= 0.3 is 5.69 Å². The number of aliphatic hydroxyl groups is 1. The first kappa shape index (κ1) is 9.98. The molecule has 0 aliphatic heterocycles. The van der Waals surface area contributed by atoms with Crippen LogP contribution in [0.1, 0.15) is 26.8 Å². The van der Waals surface area contributed by atoms with E-state index in [-0.39, 0.29) is 18.3 Å². The molecule has 1 atom stereocenters. The van der Waals surface area contributed by atoms with Crippen molar-refractivity contribution in [2.24, 2.45) is 0 Å². The van der Waals surface area contributed by atoms with Gasteiger partial charge < -0.3 is 5.11 Å². The molecule has 0 aliphatic carbocycles. The molecule has 0 spiro atoms. The van der Waals surface area contributed by atoms with Crippen molar-refractivity contribution in [1.29, 1.82) is 0 Å². The number of hydrogen-bond acceptors (Lipinski definition) is 3. The van der Waals surface area contributed by atoms with Crippen molar-refractivity contribution in [3.05, 3.63) is 16.8 Å². The van der Waals surface area contributed by atoms with Crippen molar-refractivity contribution in [2.45, 2.75) is 39.5 Å². The van der Waals surface area contributed by atoms with Crippen molar-refractivity contribution in [1.82, 2.24) is 14.3 Å². The van der Waals surface area contributed by atoms with Crippen LogP contribution in [0.4, 0.5) is 0 Å². The van der Waals surface area contributed by atoms with Crippen LogP contribution in [0.5, 0.6) is 0 Å². The summed E-state index contributed by atoms with van der Waals surface area (Å²) in [4.78, 5) is 11.5. The molecule has 0 amide bonds. The smallest absolute Gasteiger partial charge is 0.346 e. The van der Waals surface area contributed by atoms with Gasteiger partial charge in [0.15, 0.2) is 0 Å². The predicted octanol–water partition coefficient (Wildman–Crippen LogP) is 0.00650. The molecule has 0 fully saturated rings. The quantitative estimate of drug-likeness (QED) is 0.721. The third kappa shape index (κ3) is 2.18. The maximum Gasteiger partial charge on any atom is 0.346 e. The zero-order valence-electron chi connectivity index (χ0n) is 8.14. The highest BCUT2D eigenvalue weighted by molar-refractivity contribution is 4.72. The van der Waals surface area contributed by atoms with E-state index < -0.39 is 6.10 Å². The van der Waals surface area contributed by atoms with Gasteiger partial charge in [-0.2, -0.15) is 5.10 Å². The Balaban J connectivity index is 2.94. The molecule has 13 heavy (non-hydrogen) atoms. The van der Waals surface area contributed by atoms with E-state index >= 15 is 0 Å². The van der Waals surface area contributed by atoms with Crippen molar-refractivity contribution in [3.63, 3.8) is 0 Å². The number of aliphatic hydroxyl groups excluding tert-OH is 1. The average Bonchev–Trinajstić information content (AvgIpc) is 2.32. The standard InChI is InChI=1S/C8H15N3O2/c1-6(2)10-5-9-11(8(10)13)4-7(3)12/h5-7,12H,4H2,1-3H3/t7-/m1/s1. The minimum absolute atomic E-state index is 0.107. The molecule has 0 aliphatic rings. The Morgan fingerprint density at radius 3 is 2.54 bits per heavy atom. The molecular weight excluding hydrogens is 170 g/mol. The normalized spacial score (nSPS) is 13.6. The molecule has 74 valence electrons. The summed E-state index contributed by atoms with van der Waals surface area (Å²) in [7, 11) is 0. The number of rotatable bonds is 3. The van der Waals surface area contributed by atoms with E-state index in [0.717, 1.165) is 0 Å². The Hall–Kier alpha value is -1.10. The zero-order chi connectivity index (χ0) is 10.0. The molecule has 5 nitrogen and oxygen atoms in total. The monoisotopic (exact) mass is 185 g/mol. The first-order valence-electron chi connectivity index (χ1n) is 4.34. The van der Waals surface area contributed by atoms with Gasteiger partial charge in [-0.3, -0.25) is 4.57 Å². The molecular formula is C8H15N3O2. The second kappa shape index (κ2) is 3.74. The Morgan fingerprint density at radius 1 is 1.54 bits per heavy atom. The fourth-order valence-electron chi connectivity index (χ4n) is 1.08. The lowest BCUT2D eigenvalue weighted by Gasteiger charge is -2.04. The molecule has 1 aromatic heterocycles. The van der Waals surface area contributed by atoms with Crippen LogP contribution in [-0.2, 0) is 6.54 Å². The molecule has 1 N–H and O–H groups in total. The maximum atomic E-state index is 11.5. The summed E-state index contributed by atoms with van der Waals surface area (Å²) in [6.45, 7) is 5.70. The van der Waals surface area contributed by atoms with Crippen molar-refractivity contribution in [2.75, 3.05) is 0 Å². The van der Waals surface area contributed by atoms with Gasteiger partial charge in [0.05, 0.1) is 12.6 Å². The Bertz CT molecular complexity index is 324. The summed E-state index contributed by atoms with van der Waals surface area (Å²) in [5.41, 5.74) is -0.170. The van der Waals surface area contributed by atoms with Crippen LogP contribution in [0.15, 0.2) is 11.1 Å². The van der Waals surface area contributed by atoms with Crippen LogP contribution in [0.2, 0.25) is 0 Å². The summed E-state index contributed by atoms with van der Waals surface area (Å²) in [5, 5.41) is 13.0. The molecule has 1 heterocycles. The summed E-state index contributed by atoms with van der Waals surface area (Å²) in [6.07, 6.45) is 0.947. The largest absolute Gasteiger partial charge is 0.391 e. The molecule has 0 radical (unpaired) electrons. The van der Waals surface area contributed by atoms with Gasteiger partial charge in [0.25, 0.3) is 0 Å². The fraction of sp³-hybridized carbons (Fsp3) is 0.750. The molecule has 5 heteroatoms. The summed E-state index contributed by atoms with van der Waals surface area (Å²) in [5.74, 6) is 0. The van der Waals surface area contributed by atoms with Crippen LogP contribution in [0.3, 0.4) is 0 Å². The van der Waals surface area contributed by atoms with E-state index in [4.69, 9.17) is 5.11 Å². The Kier molecular flexibility index (Phi) is 2.87. The molecule has 0 bridgehead atoms. The van der Waals surface area contributed by atoms with Crippen molar-refractivity contribution < 1.29 is 5.11 Å². The first-order valence-corrected chi connectivity index (χ1v) is 4.34. The van der Waals surface area contributed by atoms with Crippen LogP contribution in [-0.4, -0.2) is 25.6 Å². The highest BCUT2D eigenvalue weighted by Crippen LogP contribution is 1.97. The summed E-state index contributed by atoms with van der Waals surface area (Å²) in [6, 6.07) is 0.107. The van der Waals surface area contributed by atoms with Gasteiger partial charge in [-0.25, -0.2) is 9.48 Å². The molecule has 1 aromatic rings. The van der Waals surface area contributed by atoms with E-state index in [2.05, 4.69) is 5.10 Å². The van der Waals surface area contributed by atoms with E-state index in [1.807, 2.05) is 13.8 Å². The second-order valence-corrected chi connectivity index (χ2v) is 3.45. The van der Waals surface area contributed by atoms with E-state index in [9.17, 15) is 4.79 Å². The minimum atomic E-state index is -0.548. The fourth-order valence-corrected chi connectivity index (χ4v) is 1.08. The molecule has 0 saturated heterocycles. The highest BCUT2D eigenvalue weighted by atomic mass is 16.3. The lowest BCUT2D eigenvalue weighted by molar-refractivity contribution is 0.166. The van der Waals surface area contributed by atoms with Gasteiger partial charge in [-0.1, -0.05) is 0 Å². The third-order valence-corrected chi connectivity index (χ3v) is 1.75. The topological polar surface area (TPSA) is 60.1 Å². The van der Waals surface area contributed by atoms with Crippen molar-refractivity contribution >= 4 is 0 Å². The van der Waals surface area contributed by atoms with Crippen LogP contribution in [0, 0.1) is 0 Å². The SMILES string of the molecule is CC(C)n1cnn(C[C@@H](C)O)c1=O. The zero-order valence-corrected chi connectivity index (χ0v) is 8.14. The molecule has 1 rings (SSSR count). The second-order valence-electron chi connectivity index (χ2n) is 3.45. The lowest BCUT2D eigenvalue weighted by Crippen LogP contribution is -2.29. The van der Waals surface area contributed by atoms with E-state index in [1.54, 1.807) is 6.92 Å². The number of aromatic nitrogens is 3. The minimum Gasteiger partial charge on any atom is -0.391 e. The van der Waals surface area contributed by atoms with Gasteiger partial charge in [0.1, 0.15) is 6.33 Å². The molecule has 0 unspecified atom stereocenters. The van der Waals surface area contributed by atoms with Gasteiger partial charge in [0.2, 0.25) is 0 Å². The van der Waals surface area contributed by atoms with Gasteiger partial charge in [-0.05, 0) is 20.8 Å². The molecule has 0 aromatic carbocycles. The molecule has 0 saturated carbocycles. The van der Waals surface area contributed by atoms with Gasteiger partial charge in [0, 0.05) is 6.04 Å². The van der Waals surface area contributed by atoms with E-state index in [0.29, 0.717) is 0 Å². The Morgan fingerprint density at radius 2 is 2.15 bits per heavy atom. The van der Waals surface area contributed by atoms with Crippen LogP contribution < -0.4 is 5.69 Å². The lowest BCUT2D eigenvalue weighted by atomic mass is 10.4. The van der Waals surface area contributed by atoms with E-state index in [1.165, 1.54) is 15.6 Å². The first-order chi connectivity index (χ1) is 6.02. The average molecular weight is 185 g/mol. The van der Waals surface area contributed by atoms with Gasteiger partial charge in [-0.15, -0.1) is 0 Å². The number of nitrogens with zero attached hydrogens (tertiary/aromatic N) is 3. The van der Waals surface area contributed by atoms with Crippen LogP contribution in [0.25, 0.3) is 0 Å². The predicted molar refractivity (Wildman–Crippen MR) is 48.6 cm³/mol. The van der Waals surface area contributed by atoms with Crippen molar-refractivity contribution in [3.8, 4) is 0 Å². The summed E-state index contributed by atoms with van der Waals surface area (Å²) >= 11 is 0.